The number of amides is 1. The molecule has 2 heterocycles. The van der Waals surface area contributed by atoms with E-state index in [1.807, 2.05) is 36.1 Å². The summed E-state index contributed by atoms with van der Waals surface area (Å²) in [6, 6.07) is 7.64. The molecule has 1 amide bonds. The van der Waals surface area contributed by atoms with Crippen LogP contribution in [0.3, 0.4) is 0 Å². The summed E-state index contributed by atoms with van der Waals surface area (Å²) in [5.41, 5.74) is 0. The molecule has 2 bridgehead atoms. The lowest BCUT2D eigenvalue weighted by Gasteiger charge is -2.29. The second-order valence-corrected chi connectivity index (χ2v) is 6.49. The molecule has 1 aromatic rings. The number of likely N-dealkylation sites (N-methyl/N-ethyl adjacent to an activating group) is 1. The number of ether oxygens (including phenoxy) is 3. The molecule has 0 saturated carbocycles. The average molecular weight is 334 g/mol. The van der Waals surface area contributed by atoms with Crippen molar-refractivity contribution in [3.63, 3.8) is 0 Å². The van der Waals surface area contributed by atoms with Gasteiger partial charge in [-0.2, -0.15) is 0 Å². The zero-order chi connectivity index (χ0) is 16.9. The van der Waals surface area contributed by atoms with Crippen LogP contribution in [0.4, 0.5) is 0 Å². The molecule has 6 nitrogen and oxygen atoms in total. The molecule has 132 valence electrons. The predicted octanol–water partition coefficient (Wildman–Crippen LogP) is 1.25. The molecular formula is C18H26N2O4. The molecule has 0 radical (unpaired) electrons. The normalized spacial score (nSPS) is 24.3. The van der Waals surface area contributed by atoms with Gasteiger partial charge in [0.1, 0.15) is 11.5 Å². The third kappa shape index (κ3) is 4.19. The Morgan fingerprint density at radius 3 is 2.54 bits per heavy atom. The lowest BCUT2D eigenvalue weighted by atomic mass is 10.1. The lowest BCUT2D eigenvalue weighted by Crippen LogP contribution is -2.46. The van der Waals surface area contributed by atoms with Gasteiger partial charge in [-0.15, -0.1) is 0 Å². The molecule has 0 spiro atoms. The third-order valence-electron chi connectivity index (χ3n) is 4.59. The number of carbonyl (C=O) groups is 1. The highest BCUT2D eigenvalue weighted by Crippen LogP contribution is 2.20. The molecular weight excluding hydrogens is 308 g/mol. The minimum atomic E-state index is 0.0380. The van der Waals surface area contributed by atoms with Crippen LogP contribution in [0.5, 0.6) is 11.5 Å². The predicted molar refractivity (Wildman–Crippen MR) is 90.4 cm³/mol. The number of hydrogen-bond acceptors (Lipinski definition) is 5. The van der Waals surface area contributed by atoms with Gasteiger partial charge in [0.15, 0.2) is 6.61 Å². The fourth-order valence-corrected chi connectivity index (χ4v) is 3.29. The van der Waals surface area contributed by atoms with E-state index in [4.69, 9.17) is 14.2 Å². The highest BCUT2D eigenvalue weighted by molar-refractivity contribution is 5.78. The van der Waals surface area contributed by atoms with Crippen molar-refractivity contribution in [3.8, 4) is 11.5 Å². The van der Waals surface area contributed by atoms with Crippen LogP contribution >= 0.6 is 0 Å². The van der Waals surface area contributed by atoms with Gasteiger partial charge in [-0.05, 0) is 38.2 Å². The number of nitrogens with zero attached hydrogens (tertiary/aromatic N) is 2. The SMILES string of the molecule is CCOc1ccc(OCC(=O)N2C[C@@H]3COC[C@H](C2)N(C)C3)cc1. The Morgan fingerprint density at radius 1 is 1.12 bits per heavy atom. The van der Waals surface area contributed by atoms with E-state index >= 15 is 0 Å². The zero-order valence-electron chi connectivity index (χ0n) is 14.4. The van der Waals surface area contributed by atoms with Crippen LogP contribution in [0.1, 0.15) is 6.92 Å². The van der Waals surface area contributed by atoms with E-state index in [0.29, 0.717) is 31.4 Å². The molecule has 2 aliphatic rings. The van der Waals surface area contributed by atoms with Crippen LogP contribution in [-0.2, 0) is 9.53 Å². The monoisotopic (exact) mass is 334 g/mol. The fraction of sp³-hybridized carbons (Fsp3) is 0.611. The third-order valence-corrected chi connectivity index (χ3v) is 4.59. The minimum absolute atomic E-state index is 0.0380. The Kier molecular flexibility index (Phi) is 5.58. The summed E-state index contributed by atoms with van der Waals surface area (Å²) in [4.78, 5) is 16.8. The van der Waals surface area contributed by atoms with Crippen molar-refractivity contribution in [3.05, 3.63) is 24.3 Å². The smallest absolute Gasteiger partial charge is 0.260 e. The van der Waals surface area contributed by atoms with Gasteiger partial charge in [0.05, 0.1) is 25.9 Å². The van der Waals surface area contributed by atoms with Crippen molar-refractivity contribution in [2.45, 2.75) is 13.0 Å². The van der Waals surface area contributed by atoms with Crippen LogP contribution in [0.15, 0.2) is 24.3 Å². The van der Waals surface area contributed by atoms with Gasteiger partial charge in [-0.3, -0.25) is 9.69 Å². The van der Waals surface area contributed by atoms with Crippen LogP contribution in [0, 0.1) is 5.92 Å². The Balaban J connectivity index is 1.54. The average Bonchev–Trinajstić information content (AvgIpc) is 2.82. The second-order valence-electron chi connectivity index (χ2n) is 6.49. The topological polar surface area (TPSA) is 51.2 Å². The van der Waals surface area contributed by atoms with E-state index in [1.165, 1.54) is 0 Å². The van der Waals surface area contributed by atoms with E-state index in [-0.39, 0.29) is 18.6 Å². The Morgan fingerprint density at radius 2 is 1.83 bits per heavy atom. The van der Waals surface area contributed by atoms with Crippen molar-refractivity contribution in [1.82, 2.24) is 9.80 Å². The summed E-state index contributed by atoms with van der Waals surface area (Å²) in [6.45, 7) is 6.49. The highest BCUT2D eigenvalue weighted by Gasteiger charge is 2.33. The molecule has 0 aliphatic carbocycles. The molecule has 6 heteroatoms. The molecule has 0 unspecified atom stereocenters. The van der Waals surface area contributed by atoms with Gasteiger partial charge in [0, 0.05) is 25.6 Å². The maximum Gasteiger partial charge on any atom is 0.260 e. The molecule has 3 rings (SSSR count). The quantitative estimate of drug-likeness (QED) is 0.811. The molecule has 2 fully saturated rings. The van der Waals surface area contributed by atoms with Crippen molar-refractivity contribution in [2.24, 2.45) is 5.92 Å². The van der Waals surface area contributed by atoms with Gasteiger partial charge in [0.2, 0.25) is 0 Å². The molecule has 2 aliphatic heterocycles. The number of fused-ring (bicyclic) bond motifs is 3. The second kappa shape index (κ2) is 7.85. The lowest BCUT2D eigenvalue weighted by molar-refractivity contribution is -0.135. The van der Waals surface area contributed by atoms with Crippen molar-refractivity contribution >= 4 is 5.91 Å². The van der Waals surface area contributed by atoms with Gasteiger partial charge < -0.3 is 19.1 Å². The van der Waals surface area contributed by atoms with Gasteiger partial charge in [0.25, 0.3) is 5.91 Å². The van der Waals surface area contributed by atoms with E-state index in [1.54, 1.807) is 0 Å². The van der Waals surface area contributed by atoms with Crippen molar-refractivity contribution in [2.75, 3.05) is 53.1 Å². The summed E-state index contributed by atoms with van der Waals surface area (Å²) in [5.74, 6) is 1.90. The van der Waals surface area contributed by atoms with Crippen molar-refractivity contribution < 1.29 is 19.0 Å². The summed E-state index contributed by atoms with van der Waals surface area (Å²) >= 11 is 0. The summed E-state index contributed by atoms with van der Waals surface area (Å²) in [6.07, 6.45) is 0. The highest BCUT2D eigenvalue weighted by atomic mass is 16.5. The number of rotatable bonds is 5. The summed E-state index contributed by atoms with van der Waals surface area (Å²) in [7, 11) is 2.11. The van der Waals surface area contributed by atoms with Crippen LogP contribution in [-0.4, -0.2) is 74.9 Å². The van der Waals surface area contributed by atoms with Gasteiger partial charge in [-0.1, -0.05) is 0 Å². The molecule has 0 N–H and O–H groups in total. The van der Waals surface area contributed by atoms with E-state index in [2.05, 4.69) is 11.9 Å². The largest absolute Gasteiger partial charge is 0.494 e. The number of hydrogen-bond donors (Lipinski definition) is 0. The van der Waals surface area contributed by atoms with E-state index in [0.717, 1.165) is 25.4 Å². The van der Waals surface area contributed by atoms with E-state index in [9.17, 15) is 4.79 Å². The molecule has 2 saturated heterocycles. The standard InChI is InChI=1S/C18H26N2O4/c1-3-23-16-4-6-17(7-5-16)24-13-18(21)20-9-14-8-19(2)15(10-20)12-22-11-14/h4-7,14-15H,3,8-13H2,1-2H3/t14-,15+/m1/s1. The molecule has 2 atom stereocenters. The van der Waals surface area contributed by atoms with Gasteiger partial charge >= 0.3 is 0 Å². The minimum Gasteiger partial charge on any atom is -0.494 e. The Hall–Kier alpha value is -1.79. The van der Waals surface area contributed by atoms with Crippen LogP contribution in [0.25, 0.3) is 0 Å². The molecule has 1 aromatic carbocycles. The first-order valence-electron chi connectivity index (χ1n) is 8.57. The number of carbonyl (C=O) groups excluding carboxylic acids is 1. The maximum absolute atomic E-state index is 12.5. The number of benzene rings is 1. The molecule has 0 aromatic heterocycles. The molecule has 24 heavy (non-hydrogen) atoms. The first kappa shape index (κ1) is 17.0. The Labute approximate surface area is 143 Å². The summed E-state index contributed by atoms with van der Waals surface area (Å²) < 4.78 is 16.8. The fourth-order valence-electron chi connectivity index (χ4n) is 3.29. The van der Waals surface area contributed by atoms with E-state index < -0.39 is 0 Å². The van der Waals surface area contributed by atoms with Crippen LogP contribution in [0.2, 0.25) is 0 Å². The first-order valence-corrected chi connectivity index (χ1v) is 8.57. The first-order chi connectivity index (χ1) is 11.7. The Bertz CT molecular complexity index is 548. The van der Waals surface area contributed by atoms with Gasteiger partial charge in [-0.25, -0.2) is 0 Å². The maximum atomic E-state index is 12.5. The summed E-state index contributed by atoms with van der Waals surface area (Å²) in [5, 5.41) is 0. The zero-order valence-corrected chi connectivity index (χ0v) is 14.4. The van der Waals surface area contributed by atoms with Crippen LogP contribution < -0.4 is 9.47 Å². The van der Waals surface area contributed by atoms with Crippen molar-refractivity contribution in [1.29, 1.82) is 0 Å².